The third kappa shape index (κ3) is 3.66. The molecule has 154 valence electrons. The number of allylic oxidation sites excluding steroid dienone is 1. The Labute approximate surface area is 169 Å². The minimum atomic E-state index is -0.509. The highest BCUT2D eigenvalue weighted by Gasteiger charge is 2.37. The van der Waals surface area contributed by atoms with Crippen LogP contribution < -0.4 is 14.8 Å². The number of nitrogens with zero attached hydrogens (tertiary/aromatic N) is 3. The van der Waals surface area contributed by atoms with Gasteiger partial charge >= 0.3 is 5.97 Å². The van der Waals surface area contributed by atoms with E-state index in [9.17, 15) is 4.79 Å². The molecule has 8 nitrogen and oxygen atoms in total. The lowest BCUT2D eigenvalue weighted by atomic mass is 9.94. The normalized spacial score (nSPS) is 19.3. The van der Waals surface area contributed by atoms with Gasteiger partial charge in [-0.2, -0.15) is 10.1 Å². The number of anilines is 1. The number of hydrogen-bond donors (Lipinski definition) is 1. The van der Waals surface area contributed by atoms with Gasteiger partial charge in [-0.3, -0.25) is 0 Å². The van der Waals surface area contributed by atoms with Gasteiger partial charge < -0.3 is 19.5 Å². The van der Waals surface area contributed by atoms with Crippen molar-refractivity contribution in [2.24, 2.45) is 0 Å². The van der Waals surface area contributed by atoms with Crippen molar-refractivity contribution in [1.82, 2.24) is 14.8 Å². The molecule has 0 radical (unpaired) electrons. The Bertz CT molecular complexity index is 931. The molecule has 1 N–H and O–H groups in total. The molecule has 2 heterocycles. The molecule has 1 fully saturated rings. The number of nitrogens with one attached hydrogen (secondary N) is 1. The fraction of sp³-hybridized carbons (Fsp3) is 0.476. The highest BCUT2D eigenvalue weighted by molar-refractivity contribution is 5.92. The summed E-state index contributed by atoms with van der Waals surface area (Å²) in [5.74, 6) is 1.52. The summed E-state index contributed by atoms with van der Waals surface area (Å²) in [5, 5.41) is 7.53. The summed E-state index contributed by atoms with van der Waals surface area (Å²) in [5.41, 5.74) is 2.00. The molecule has 1 aliphatic carbocycles. The van der Waals surface area contributed by atoms with Crippen LogP contribution >= 0.6 is 0 Å². The molecule has 0 spiro atoms. The number of ether oxygens (including phenoxy) is 3. The Kier molecular flexibility index (Phi) is 5.42. The second-order valence-electron chi connectivity index (χ2n) is 7.37. The number of fused-ring (bicyclic) bond motifs is 1. The molecule has 29 heavy (non-hydrogen) atoms. The lowest BCUT2D eigenvalue weighted by Gasteiger charge is -2.30. The van der Waals surface area contributed by atoms with Crippen molar-refractivity contribution in [2.75, 3.05) is 19.5 Å². The minimum absolute atomic E-state index is 0.0351. The molecule has 2 aliphatic rings. The van der Waals surface area contributed by atoms with Crippen LogP contribution in [0.4, 0.5) is 5.95 Å². The van der Waals surface area contributed by atoms with E-state index in [1.165, 1.54) is 12.7 Å². The summed E-state index contributed by atoms with van der Waals surface area (Å²) >= 11 is 0. The molecule has 0 unspecified atom stereocenters. The van der Waals surface area contributed by atoms with Gasteiger partial charge in [-0.15, -0.1) is 0 Å². The first-order valence-corrected chi connectivity index (χ1v) is 9.92. The second-order valence-corrected chi connectivity index (χ2v) is 7.37. The zero-order valence-corrected chi connectivity index (χ0v) is 17.0. The van der Waals surface area contributed by atoms with E-state index in [-0.39, 0.29) is 12.1 Å². The van der Waals surface area contributed by atoms with Crippen LogP contribution in [0.25, 0.3) is 0 Å². The van der Waals surface area contributed by atoms with Gasteiger partial charge in [0, 0.05) is 17.3 Å². The Balaban J connectivity index is 1.75. The van der Waals surface area contributed by atoms with E-state index in [4.69, 9.17) is 14.2 Å². The highest BCUT2D eigenvalue weighted by atomic mass is 16.5. The third-order valence-electron chi connectivity index (χ3n) is 5.58. The van der Waals surface area contributed by atoms with Crippen molar-refractivity contribution in [3.63, 3.8) is 0 Å². The van der Waals surface area contributed by atoms with Gasteiger partial charge in [-0.05, 0) is 44.7 Å². The van der Waals surface area contributed by atoms with Gasteiger partial charge in [-0.25, -0.2) is 9.48 Å². The molecule has 1 aromatic carbocycles. The SMILES string of the molecule is COc1ccc([C@H]2C(C(=O)OC3CCCCC3)=C(C)Nc3ncnn32)c(OC)c1. The first-order valence-electron chi connectivity index (χ1n) is 9.92. The fourth-order valence-corrected chi connectivity index (χ4v) is 4.09. The quantitative estimate of drug-likeness (QED) is 0.772. The van der Waals surface area contributed by atoms with Crippen molar-refractivity contribution in [2.45, 2.75) is 51.2 Å². The van der Waals surface area contributed by atoms with Crippen molar-refractivity contribution < 1.29 is 19.0 Å². The molecule has 2 aromatic rings. The lowest BCUT2D eigenvalue weighted by molar-refractivity contribution is -0.146. The van der Waals surface area contributed by atoms with Gasteiger partial charge in [0.05, 0.1) is 19.8 Å². The maximum Gasteiger partial charge on any atom is 0.338 e. The predicted octanol–water partition coefficient (Wildman–Crippen LogP) is 3.46. The molecule has 1 aliphatic heterocycles. The van der Waals surface area contributed by atoms with Crippen LogP contribution in [0.3, 0.4) is 0 Å². The van der Waals surface area contributed by atoms with Crippen molar-refractivity contribution in [3.05, 3.63) is 41.4 Å². The number of benzene rings is 1. The molecule has 1 atom stereocenters. The smallest absolute Gasteiger partial charge is 0.338 e. The van der Waals surface area contributed by atoms with Gasteiger partial charge in [0.2, 0.25) is 5.95 Å². The lowest BCUT2D eigenvalue weighted by Crippen LogP contribution is -2.32. The number of carbonyl (C=O) groups excluding carboxylic acids is 1. The first-order chi connectivity index (χ1) is 14.1. The van der Waals surface area contributed by atoms with Crippen LogP contribution in [0, 0.1) is 0 Å². The van der Waals surface area contributed by atoms with Crippen LogP contribution in [-0.4, -0.2) is 41.1 Å². The Morgan fingerprint density at radius 1 is 1.17 bits per heavy atom. The summed E-state index contributed by atoms with van der Waals surface area (Å²) in [6.45, 7) is 1.86. The summed E-state index contributed by atoms with van der Waals surface area (Å²) in [6, 6.07) is 5.02. The summed E-state index contributed by atoms with van der Waals surface area (Å²) in [4.78, 5) is 17.5. The van der Waals surface area contributed by atoms with E-state index in [1.807, 2.05) is 19.1 Å². The Morgan fingerprint density at radius 3 is 2.69 bits per heavy atom. The average molecular weight is 398 g/mol. The molecule has 0 amide bonds. The summed E-state index contributed by atoms with van der Waals surface area (Å²) < 4.78 is 18.5. The zero-order valence-electron chi connectivity index (χ0n) is 17.0. The van der Waals surface area contributed by atoms with Gasteiger partial charge in [0.15, 0.2) is 0 Å². The monoisotopic (exact) mass is 398 g/mol. The number of aromatic nitrogens is 3. The second kappa shape index (κ2) is 8.14. The maximum absolute atomic E-state index is 13.3. The van der Waals surface area contributed by atoms with Crippen LogP contribution in [0.1, 0.15) is 50.6 Å². The number of esters is 1. The largest absolute Gasteiger partial charge is 0.497 e. The Morgan fingerprint density at radius 2 is 1.97 bits per heavy atom. The van der Waals surface area contributed by atoms with E-state index in [0.29, 0.717) is 28.7 Å². The predicted molar refractivity (Wildman–Crippen MR) is 107 cm³/mol. The number of methoxy groups -OCH3 is 2. The summed E-state index contributed by atoms with van der Waals surface area (Å²) in [7, 11) is 3.20. The van der Waals surface area contributed by atoms with Crippen molar-refractivity contribution >= 4 is 11.9 Å². The fourth-order valence-electron chi connectivity index (χ4n) is 4.09. The molecule has 1 saturated carbocycles. The van der Waals surface area contributed by atoms with E-state index in [2.05, 4.69) is 15.4 Å². The third-order valence-corrected chi connectivity index (χ3v) is 5.58. The molecule has 8 heteroatoms. The molecular weight excluding hydrogens is 372 g/mol. The van der Waals surface area contributed by atoms with Gasteiger partial charge in [0.25, 0.3) is 0 Å². The van der Waals surface area contributed by atoms with Crippen LogP contribution in [0.2, 0.25) is 0 Å². The minimum Gasteiger partial charge on any atom is -0.497 e. The van der Waals surface area contributed by atoms with Gasteiger partial charge in [-0.1, -0.05) is 6.42 Å². The van der Waals surface area contributed by atoms with Crippen LogP contribution in [-0.2, 0) is 9.53 Å². The topological polar surface area (TPSA) is 87.5 Å². The van der Waals surface area contributed by atoms with E-state index in [1.54, 1.807) is 25.0 Å². The van der Waals surface area contributed by atoms with Crippen LogP contribution in [0.15, 0.2) is 35.8 Å². The molecular formula is C21H26N4O4. The van der Waals surface area contributed by atoms with E-state index >= 15 is 0 Å². The molecule has 4 rings (SSSR count). The maximum atomic E-state index is 13.3. The molecule has 1 aromatic heterocycles. The zero-order chi connectivity index (χ0) is 20.4. The molecule has 0 bridgehead atoms. The van der Waals surface area contributed by atoms with Crippen LogP contribution in [0.5, 0.6) is 11.5 Å². The van der Waals surface area contributed by atoms with E-state index in [0.717, 1.165) is 31.2 Å². The Hall–Kier alpha value is -3.03. The summed E-state index contributed by atoms with van der Waals surface area (Å²) in [6.07, 6.45) is 6.65. The number of rotatable bonds is 5. The van der Waals surface area contributed by atoms with E-state index < -0.39 is 6.04 Å². The first kappa shape index (κ1) is 19.3. The van der Waals surface area contributed by atoms with Crippen molar-refractivity contribution in [1.29, 1.82) is 0 Å². The van der Waals surface area contributed by atoms with Gasteiger partial charge in [0.1, 0.15) is 30.0 Å². The van der Waals surface area contributed by atoms with Crippen molar-refractivity contribution in [3.8, 4) is 11.5 Å². The average Bonchev–Trinajstić information content (AvgIpc) is 3.21. The standard InChI is InChI=1S/C21H26N4O4/c1-13-18(20(26)29-14-7-5-4-6-8-14)19(25-21(24-13)22-12-23-25)16-10-9-15(27-2)11-17(16)28-3/h9-12,14,19H,4-8H2,1-3H3,(H,22,23,24)/t19-/m0/s1. The number of carbonyl (C=O) groups is 1. The highest BCUT2D eigenvalue weighted by Crippen LogP contribution is 2.40. The number of hydrogen-bond acceptors (Lipinski definition) is 7. The molecule has 0 saturated heterocycles.